The van der Waals surface area contributed by atoms with Crippen molar-refractivity contribution in [3.05, 3.63) is 53.1 Å². The zero-order valence-corrected chi connectivity index (χ0v) is 10.3. The predicted molar refractivity (Wildman–Crippen MR) is 64.9 cm³/mol. The lowest BCUT2D eigenvalue weighted by molar-refractivity contribution is 0.485. The van der Waals surface area contributed by atoms with E-state index in [9.17, 15) is 8.78 Å². The lowest BCUT2D eigenvalue weighted by Crippen LogP contribution is -2.21. The summed E-state index contributed by atoms with van der Waals surface area (Å²) < 4.78 is 27.1. The highest BCUT2D eigenvalue weighted by Crippen LogP contribution is 2.20. The summed E-state index contributed by atoms with van der Waals surface area (Å²) in [4.78, 5) is 7.08. The van der Waals surface area contributed by atoms with Gasteiger partial charge in [-0.3, -0.25) is 0 Å². The summed E-state index contributed by atoms with van der Waals surface area (Å²) in [7, 11) is 0. The van der Waals surface area contributed by atoms with Gasteiger partial charge >= 0.3 is 0 Å². The molecule has 3 nitrogen and oxygen atoms in total. The first-order valence-electron chi connectivity index (χ1n) is 5.75. The average Bonchev–Trinajstić information content (AvgIpc) is 2.72. The molecule has 18 heavy (non-hydrogen) atoms. The van der Waals surface area contributed by atoms with Crippen LogP contribution in [0.3, 0.4) is 0 Å². The molecule has 5 heteroatoms. The molecule has 96 valence electrons. The second-order valence-corrected chi connectivity index (χ2v) is 4.21. The van der Waals surface area contributed by atoms with Gasteiger partial charge in [0.05, 0.1) is 12.0 Å². The summed E-state index contributed by atoms with van der Waals surface area (Å²) in [5.41, 5.74) is 1.85. The lowest BCUT2D eigenvalue weighted by atomic mass is 10.1. The summed E-state index contributed by atoms with van der Waals surface area (Å²) in [6.07, 6.45) is 1.60. The molecule has 1 unspecified atom stereocenters. The van der Waals surface area contributed by atoms with E-state index in [1.54, 1.807) is 13.3 Å². The fraction of sp³-hybridized carbons (Fsp3) is 0.308. The number of aryl methyl sites for hydroxylation is 1. The number of aromatic nitrogens is 2. The van der Waals surface area contributed by atoms with Gasteiger partial charge in [-0.25, -0.2) is 13.8 Å². The number of halogens is 2. The number of aromatic amines is 1. The molecule has 0 saturated heterocycles. The third-order valence-electron chi connectivity index (χ3n) is 2.94. The van der Waals surface area contributed by atoms with E-state index in [2.05, 4.69) is 15.3 Å². The van der Waals surface area contributed by atoms with Crippen molar-refractivity contribution in [3.8, 4) is 0 Å². The van der Waals surface area contributed by atoms with Crippen LogP contribution in [-0.4, -0.2) is 9.97 Å². The number of hydrogen-bond acceptors (Lipinski definition) is 2. The third-order valence-corrected chi connectivity index (χ3v) is 2.94. The van der Waals surface area contributed by atoms with E-state index in [0.29, 0.717) is 6.54 Å². The van der Waals surface area contributed by atoms with Crippen molar-refractivity contribution < 1.29 is 8.78 Å². The van der Waals surface area contributed by atoms with Crippen molar-refractivity contribution in [1.82, 2.24) is 15.3 Å². The summed E-state index contributed by atoms with van der Waals surface area (Å²) >= 11 is 0. The van der Waals surface area contributed by atoms with Gasteiger partial charge in [0, 0.05) is 23.8 Å². The second kappa shape index (κ2) is 5.27. The maximum absolute atomic E-state index is 13.5. The Hall–Kier alpha value is -1.75. The lowest BCUT2D eigenvalue weighted by Gasteiger charge is -2.15. The first kappa shape index (κ1) is 12.7. The van der Waals surface area contributed by atoms with Crippen LogP contribution in [0.5, 0.6) is 0 Å². The van der Waals surface area contributed by atoms with Crippen LogP contribution in [-0.2, 0) is 6.54 Å². The maximum atomic E-state index is 13.5. The van der Waals surface area contributed by atoms with Crippen molar-refractivity contribution in [2.45, 2.75) is 26.4 Å². The van der Waals surface area contributed by atoms with Gasteiger partial charge in [0.15, 0.2) is 0 Å². The number of hydrogen-bond donors (Lipinski definition) is 2. The highest BCUT2D eigenvalue weighted by atomic mass is 19.1. The van der Waals surface area contributed by atoms with Crippen molar-refractivity contribution in [2.24, 2.45) is 0 Å². The molecule has 0 spiro atoms. The SMILES string of the molecule is Cc1[nH]cnc1CNC(C)c1c(F)cccc1F. The Morgan fingerprint density at radius 1 is 1.33 bits per heavy atom. The van der Waals surface area contributed by atoms with Crippen LogP contribution in [0, 0.1) is 18.6 Å². The molecule has 0 saturated carbocycles. The molecule has 2 rings (SSSR count). The Kier molecular flexibility index (Phi) is 3.72. The third kappa shape index (κ3) is 2.56. The number of imidazole rings is 1. The minimum absolute atomic E-state index is 0.0608. The van der Waals surface area contributed by atoms with Crippen LogP contribution in [0.2, 0.25) is 0 Å². The van der Waals surface area contributed by atoms with Crippen molar-refractivity contribution in [3.63, 3.8) is 0 Å². The predicted octanol–water partition coefficient (Wildman–Crippen LogP) is 2.85. The number of H-pyrrole nitrogens is 1. The molecular formula is C13H15F2N3. The normalized spacial score (nSPS) is 12.7. The standard InChI is InChI=1S/C13H15F2N3/c1-8-12(18-7-17-8)6-16-9(2)13-10(14)4-3-5-11(13)15/h3-5,7,9,16H,6H2,1-2H3,(H,17,18). The minimum Gasteiger partial charge on any atom is -0.348 e. The zero-order valence-electron chi connectivity index (χ0n) is 10.3. The van der Waals surface area contributed by atoms with E-state index < -0.39 is 17.7 Å². The van der Waals surface area contributed by atoms with E-state index in [0.717, 1.165) is 11.4 Å². The van der Waals surface area contributed by atoms with Gasteiger partial charge in [0.25, 0.3) is 0 Å². The topological polar surface area (TPSA) is 40.7 Å². The van der Waals surface area contributed by atoms with Crippen LogP contribution < -0.4 is 5.32 Å². The molecule has 0 amide bonds. The molecule has 0 aliphatic rings. The second-order valence-electron chi connectivity index (χ2n) is 4.21. The monoisotopic (exact) mass is 251 g/mol. The highest BCUT2D eigenvalue weighted by molar-refractivity contribution is 5.23. The van der Waals surface area contributed by atoms with Crippen LogP contribution in [0.25, 0.3) is 0 Å². The fourth-order valence-corrected chi connectivity index (χ4v) is 1.84. The van der Waals surface area contributed by atoms with Gasteiger partial charge in [-0.1, -0.05) is 6.07 Å². The van der Waals surface area contributed by atoms with Gasteiger partial charge in [-0.2, -0.15) is 0 Å². The Bertz CT molecular complexity index is 517. The molecule has 1 aromatic carbocycles. The molecule has 1 heterocycles. The van der Waals surface area contributed by atoms with Crippen molar-refractivity contribution >= 4 is 0 Å². The van der Waals surface area contributed by atoms with E-state index in [4.69, 9.17) is 0 Å². The molecule has 0 radical (unpaired) electrons. The number of benzene rings is 1. The highest BCUT2D eigenvalue weighted by Gasteiger charge is 2.15. The van der Waals surface area contributed by atoms with Gasteiger partial charge in [0.2, 0.25) is 0 Å². The first-order valence-corrected chi connectivity index (χ1v) is 5.75. The molecule has 2 aromatic rings. The summed E-state index contributed by atoms with van der Waals surface area (Å²) in [5.74, 6) is -1.07. The van der Waals surface area contributed by atoms with E-state index >= 15 is 0 Å². The fourth-order valence-electron chi connectivity index (χ4n) is 1.84. The van der Waals surface area contributed by atoms with Crippen LogP contribution in [0.1, 0.15) is 29.9 Å². The van der Waals surface area contributed by atoms with Gasteiger partial charge in [-0.05, 0) is 26.0 Å². The zero-order chi connectivity index (χ0) is 13.1. The maximum Gasteiger partial charge on any atom is 0.130 e. The summed E-state index contributed by atoms with van der Waals surface area (Å²) in [6, 6.07) is 3.47. The van der Waals surface area contributed by atoms with Gasteiger partial charge < -0.3 is 10.3 Å². The largest absolute Gasteiger partial charge is 0.348 e. The van der Waals surface area contributed by atoms with E-state index in [1.165, 1.54) is 18.2 Å². The van der Waals surface area contributed by atoms with Crippen molar-refractivity contribution in [2.75, 3.05) is 0 Å². The number of rotatable bonds is 4. The molecule has 0 bridgehead atoms. The first-order chi connectivity index (χ1) is 8.59. The van der Waals surface area contributed by atoms with Crippen LogP contribution in [0.15, 0.2) is 24.5 Å². The Morgan fingerprint density at radius 3 is 2.56 bits per heavy atom. The Labute approximate surface area is 104 Å². The van der Waals surface area contributed by atoms with Crippen LogP contribution in [0.4, 0.5) is 8.78 Å². The quantitative estimate of drug-likeness (QED) is 0.877. The summed E-state index contributed by atoms with van der Waals surface area (Å²) in [6.45, 7) is 4.09. The minimum atomic E-state index is -0.534. The molecule has 0 fully saturated rings. The molecule has 1 atom stereocenters. The molecule has 0 aliphatic heterocycles. The van der Waals surface area contributed by atoms with E-state index in [1.807, 2.05) is 6.92 Å². The molecular weight excluding hydrogens is 236 g/mol. The Balaban J connectivity index is 2.08. The smallest absolute Gasteiger partial charge is 0.130 e. The van der Waals surface area contributed by atoms with Crippen molar-refractivity contribution in [1.29, 1.82) is 0 Å². The molecule has 1 aromatic heterocycles. The average molecular weight is 251 g/mol. The van der Waals surface area contributed by atoms with Crippen LogP contribution >= 0.6 is 0 Å². The summed E-state index contributed by atoms with van der Waals surface area (Å²) in [5, 5.41) is 3.06. The van der Waals surface area contributed by atoms with Gasteiger partial charge in [0.1, 0.15) is 11.6 Å². The molecule has 0 aliphatic carbocycles. The Morgan fingerprint density at radius 2 is 2.00 bits per heavy atom. The molecule has 2 N–H and O–H groups in total. The number of nitrogens with zero attached hydrogens (tertiary/aromatic N) is 1. The van der Waals surface area contributed by atoms with Gasteiger partial charge in [-0.15, -0.1) is 0 Å². The number of nitrogens with one attached hydrogen (secondary N) is 2. The van der Waals surface area contributed by atoms with E-state index in [-0.39, 0.29) is 5.56 Å².